The molecule has 1 fully saturated rings. The Morgan fingerprint density at radius 3 is 2.77 bits per heavy atom. The minimum atomic E-state index is 0.0246. The summed E-state index contributed by atoms with van der Waals surface area (Å²) < 4.78 is 0. The molecule has 0 saturated carbocycles. The van der Waals surface area contributed by atoms with Gasteiger partial charge in [0.25, 0.3) is 0 Å². The highest BCUT2D eigenvalue weighted by molar-refractivity contribution is 5.77. The maximum Gasteiger partial charge on any atom is 0.234 e. The van der Waals surface area contributed by atoms with Crippen LogP contribution in [0.1, 0.15) is 38.6 Å². The molecule has 6 nitrogen and oxygen atoms in total. The third-order valence-corrected chi connectivity index (χ3v) is 4.05. The molecule has 0 aromatic carbocycles. The molecule has 2 N–H and O–H groups in total. The molecule has 0 unspecified atom stereocenters. The summed E-state index contributed by atoms with van der Waals surface area (Å²) in [5.41, 5.74) is 2.00. The van der Waals surface area contributed by atoms with Gasteiger partial charge in [-0.2, -0.15) is 5.10 Å². The number of carbonyl (C=O) groups is 1. The van der Waals surface area contributed by atoms with E-state index in [0.717, 1.165) is 44.0 Å². The van der Waals surface area contributed by atoms with E-state index in [1.165, 1.54) is 0 Å². The molecule has 0 radical (unpaired) electrons. The summed E-state index contributed by atoms with van der Waals surface area (Å²) in [4.78, 5) is 16.6. The standard InChI is InChI=1S/C16H29N5O/c1-16(2,3)14-10-13(18-19-14)11-17-15(22)12-21-7-5-6-20(4)8-9-21/h10H,5-9,11-12H2,1-4H3,(H,17,22)(H,18,19). The van der Waals surface area contributed by atoms with Crippen LogP contribution in [0.5, 0.6) is 0 Å². The second-order valence-corrected chi connectivity index (χ2v) is 7.24. The van der Waals surface area contributed by atoms with E-state index in [4.69, 9.17) is 0 Å². The van der Waals surface area contributed by atoms with Crippen LogP contribution in [0, 0.1) is 0 Å². The second-order valence-electron chi connectivity index (χ2n) is 7.24. The first-order valence-electron chi connectivity index (χ1n) is 8.07. The van der Waals surface area contributed by atoms with Gasteiger partial charge in [-0.05, 0) is 32.6 Å². The molecule has 1 aromatic heterocycles. The molecule has 0 aliphatic carbocycles. The Balaban J connectivity index is 1.76. The summed E-state index contributed by atoms with van der Waals surface area (Å²) in [5, 5.41) is 10.3. The van der Waals surface area contributed by atoms with Crippen LogP contribution in [0.15, 0.2) is 6.07 Å². The number of aromatic amines is 1. The zero-order valence-electron chi connectivity index (χ0n) is 14.3. The Bertz CT molecular complexity index is 491. The lowest BCUT2D eigenvalue weighted by Gasteiger charge is -2.19. The Hall–Kier alpha value is -1.40. The number of aromatic nitrogens is 2. The average molecular weight is 307 g/mol. The molecule has 2 rings (SSSR count). The molecule has 6 heteroatoms. The van der Waals surface area contributed by atoms with Gasteiger partial charge < -0.3 is 10.2 Å². The number of amides is 1. The normalized spacial score (nSPS) is 18.2. The molecular formula is C16H29N5O. The van der Waals surface area contributed by atoms with Crippen LogP contribution >= 0.6 is 0 Å². The summed E-state index contributed by atoms with van der Waals surface area (Å²) >= 11 is 0. The van der Waals surface area contributed by atoms with Gasteiger partial charge in [-0.15, -0.1) is 0 Å². The first-order valence-corrected chi connectivity index (χ1v) is 8.07. The lowest BCUT2D eigenvalue weighted by Crippen LogP contribution is -2.38. The van der Waals surface area contributed by atoms with Crippen molar-refractivity contribution in [3.05, 3.63) is 17.5 Å². The van der Waals surface area contributed by atoms with E-state index in [9.17, 15) is 4.79 Å². The molecule has 0 spiro atoms. The number of nitrogens with zero attached hydrogens (tertiary/aromatic N) is 3. The Morgan fingerprint density at radius 1 is 1.32 bits per heavy atom. The van der Waals surface area contributed by atoms with Crippen LogP contribution in [0.25, 0.3) is 0 Å². The van der Waals surface area contributed by atoms with Gasteiger partial charge in [-0.3, -0.25) is 14.8 Å². The number of carbonyl (C=O) groups excluding carboxylic acids is 1. The van der Waals surface area contributed by atoms with Gasteiger partial charge in [0.05, 0.1) is 24.5 Å². The molecule has 1 aliphatic heterocycles. The van der Waals surface area contributed by atoms with Gasteiger partial charge in [0.2, 0.25) is 5.91 Å². The van der Waals surface area contributed by atoms with E-state index < -0.39 is 0 Å². The number of hydrogen-bond acceptors (Lipinski definition) is 4. The van der Waals surface area contributed by atoms with Crippen molar-refractivity contribution in [3.8, 4) is 0 Å². The highest BCUT2D eigenvalue weighted by atomic mass is 16.2. The summed E-state index contributed by atoms with van der Waals surface area (Å²) in [6.07, 6.45) is 1.12. The molecule has 2 heterocycles. The second kappa shape index (κ2) is 7.24. The average Bonchev–Trinajstić information content (AvgIpc) is 2.83. The molecule has 1 amide bonds. The van der Waals surface area contributed by atoms with E-state index in [-0.39, 0.29) is 11.3 Å². The highest BCUT2D eigenvalue weighted by Gasteiger charge is 2.18. The van der Waals surface area contributed by atoms with Crippen molar-refractivity contribution >= 4 is 5.91 Å². The molecule has 22 heavy (non-hydrogen) atoms. The fourth-order valence-corrected chi connectivity index (χ4v) is 2.55. The maximum atomic E-state index is 12.1. The van der Waals surface area contributed by atoms with Crippen molar-refractivity contribution in [2.75, 3.05) is 39.8 Å². The summed E-state index contributed by atoms with van der Waals surface area (Å²) in [5.74, 6) is 0.0801. The van der Waals surface area contributed by atoms with Crippen LogP contribution in [-0.2, 0) is 16.8 Å². The molecule has 1 saturated heterocycles. The molecule has 0 atom stereocenters. The first-order chi connectivity index (χ1) is 10.3. The minimum Gasteiger partial charge on any atom is -0.349 e. The SMILES string of the molecule is CN1CCCN(CC(=O)NCc2cc(C(C)(C)C)n[nH]2)CC1. The van der Waals surface area contributed by atoms with Crippen molar-refractivity contribution in [2.24, 2.45) is 0 Å². The summed E-state index contributed by atoms with van der Waals surface area (Å²) in [6.45, 7) is 11.5. The zero-order chi connectivity index (χ0) is 16.2. The van der Waals surface area contributed by atoms with Gasteiger partial charge in [0.15, 0.2) is 0 Å². The van der Waals surface area contributed by atoms with E-state index >= 15 is 0 Å². The topological polar surface area (TPSA) is 64.3 Å². The number of hydrogen-bond donors (Lipinski definition) is 2. The number of likely N-dealkylation sites (N-methyl/N-ethyl adjacent to an activating group) is 1. The maximum absolute atomic E-state index is 12.1. The van der Waals surface area contributed by atoms with E-state index in [0.29, 0.717) is 13.1 Å². The largest absolute Gasteiger partial charge is 0.349 e. The van der Waals surface area contributed by atoms with Gasteiger partial charge in [0.1, 0.15) is 0 Å². The van der Waals surface area contributed by atoms with Crippen molar-refractivity contribution in [1.29, 1.82) is 0 Å². The molecule has 1 aliphatic rings. The predicted molar refractivity (Wildman–Crippen MR) is 87.7 cm³/mol. The monoisotopic (exact) mass is 307 g/mol. The van der Waals surface area contributed by atoms with E-state index in [1.54, 1.807) is 0 Å². The summed E-state index contributed by atoms with van der Waals surface area (Å²) in [6, 6.07) is 2.03. The van der Waals surface area contributed by atoms with Gasteiger partial charge >= 0.3 is 0 Å². The van der Waals surface area contributed by atoms with Crippen LogP contribution in [0.3, 0.4) is 0 Å². The lowest BCUT2D eigenvalue weighted by atomic mass is 9.92. The summed E-state index contributed by atoms with van der Waals surface area (Å²) in [7, 11) is 2.13. The quantitative estimate of drug-likeness (QED) is 0.870. The van der Waals surface area contributed by atoms with E-state index in [1.807, 2.05) is 6.07 Å². The fraction of sp³-hybridized carbons (Fsp3) is 0.750. The third kappa shape index (κ3) is 5.10. The van der Waals surface area contributed by atoms with E-state index in [2.05, 4.69) is 53.1 Å². The number of rotatable bonds is 4. The smallest absolute Gasteiger partial charge is 0.234 e. The van der Waals surface area contributed by atoms with Gasteiger partial charge in [-0.25, -0.2) is 0 Å². The Labute approximate surface area is 133 Å². The Morgan fingerprint density at radius 2 is 2.09 bits per heavy atom. The first kappa shape index (κ1) is 17.0. The molecule has 124 valence electrons. The third-order valence-electron chi connectivity index (χ3n) is 4.05. The highest BCUT2D eigenvalue weighted by Crippen LogP contribution is 2.20. The van der Waals surface area contributed by atoms with Crippen LogP contribution < -0.4 is 5.32 Å². The molecule has 1 aromatic rings. The van der Waals surface area contributed by atoms with Gasteiger partial charge in [-0.1, -0.05) is 20.8 Å². The van der Waals surface area contributed by atoms with Crippen molar-refractivity contribution in [1.82, 2.24) is 25.3 Å². The number of nitrogens with one attached hydrogen (secondary N) is 2. The number of H-pyrrole nitrogens is 1. The van der Waals surface area contributed by atoms with Crippen LogP contribution in [0.4, 0.5) is 0 Å². The zero-order valence-corrected chi connectivity index (χ0v) is 14.3. The Kier molecular flexibility index (Phi) is 5.58. The van der Waals surface area contributed by atoms with Crippen molar-refractivity contribution in [2.45, 2.75) is 39.2 Å². The van der Waals surface area contributed by atoms with Crippen LogP contribution in [0.2, 0.25) is 0 Å². The predicted octanol–water partition coefficient (Wildman–Crippen LogP) is 0.961. The molecule has 0 bridgehead atoms. The van der Waals surface area contributed by atoms with Crippen molar-refractivity contribution in [3.63, 3.8) is 0 Å². The van der Waals surface area contributed by atoms with Crippen molar-refractivity contribution < 1.29 is 4.79 Å². The van der Waals surface area contributed by atoms with Crippen LogP contribution in [-0.4, -0.2) is 65.7 Å². The fourth-order valence-electron chi connectivity index (χ4n) is 2.55. The minimum absolute atomic E-state index is 0.0246. The van der Waals surface area contributed by atoms with Gasteiger partial charge in [0, 0.05) is 18.5 Å². The lowest BCUT2D eigenvalue weighted by molar-refractivity contribution is -0.122. The molecular weight excluding hydrogens is 278 g/mol.